The van der Waals surface area contributed by atoms with Crippen LogP contribution in [-0.2, 0) is 33.4 Å². The zero-order chi connectivity index (χ0) is 23.0. The summed E-state index contributed by atoms with van der Waals surface area (Å²) in [7, 11) is 0. The van der Waals surface area contributed by atoms with Crippen LogP contribution in [0.3, 0.4) is 0 Å². The largest absolute Gasteiger partial charge is 0.460 e. The van der Waals surface area contributed by atoms with Crippen molar-refractivity contribution in [3.8, 4) is 0 Å². The van der Waals surface area contributed by atoms with Gasteiger partial charge in [0.15, 0.2) is 0 Å². The predicted molar refractivity (Wildman–Crippen MR) is 108 cm³/mol. The van der Waals surface area contributed by atoms with E-state index in [1.54, 1.807) is 62.3 Å². The van der Waals surface area contributed by atoms with Gasteiger partial charge in [0.1, 0.15) is 22.8 Å². The van der Waals surface area contributed by atoms with Crippen LogP contribution in [-0.4, -0.2) is 46.7 Å². The molecule has 0 radical (unpaired) electrons. The molecule has 0 aromatic rings. The van der Waals surface area contributed by atoms with E-state index in [-0.39, 0.29) is 25.7 Å². The molecule has 0 aliphatic heterocycles. The SMILES string of the molecule is CC(C)(C)OC(=O)CCC(=O)NC(CCC(=O)OC(C)(C)C)C(=O)OC(C)(C)C. The van der Waals surface area contributed by atoms with E-state index in [0.29, 0.717) is 0 Å². The van der Waals surface area contributed by atoms with Gasteiger partial charge in [0.25, 0.3) is 0 Å². The first-order valence-electron chi connectivity index (χ1n) is 9.84. The fraction of sp³-hybridized carbons (Fsp3) is 0.810. The molecular weight excluding hydrogens is 378 g/mol. The third kappa shape index (κ3) is 15.5. The number of carbonyl (C=O) groups is 4. The molecule has 168 valence electrons. The molecule has 0 aliphatic carbocycles. The molecule has 0 aromatic carbocycles. The molecule has 1 atom stereocenters. The molecule has 0 saturated heterocycles. The number of amides is 1. The van der Waals surface area contributed by atoms with Crippen molar-refractivity contribution in [1.82, 2.24) is 5.32 Å². The molecule has 0 aliphatic rings. The number of hydrogen-bond acceptors (Lipinski definition) is 7. The second-order valence-electron chi connectivity index (χ2n) is 9.87. The third-order valence-corrected chi connectivity index (χ3v) is 3.06. The maximum Gasteiger partial charge on any atom is 0.329 e. The van der Waals surface area contributed by atoms with Gasteiger partial charge in [-0.15, -0.1) is 0 Å². The number of nitrogens with one attached hydrogen (secondary N) is 1. The van der Waals surface area contributed by atoms with E-state index >= 15 is 0 Å². The minimum atomic E-state index is -1.02. The number of esters is 3. The van der Waals surface area contributed by atoms with Crippen molar-refractivity contribution < 1.29 is 33.4 Å². The van der Waals surface area contributed by atoms with Gasteiger partial charge >= 0.3 is 17.9 Å². The minimum Gasteiger partial charge on any atom is -0.460 e. The van der Waals surface area contributed by atoms with Crippen LogP contribution in [0.5, 0.6) is 0 Å². The highest BCUT2D eigenvalue weighted by molar-refractivity contribution is 5.87. The summed E-state index contributed by atoms with van der Waals surface area (Å²) in [4.78, 5) is 48.4. The number of rotatable bonds is 8. The Hall–Kier alpha value is -2.12. The Morgan fingerprint density at radius 1 is 0.655 bits per heavy atom. The Morgan fingerprint density at radius 3 is 1.48 bits per heavy atom. The van der Waals surface area contributed by atoms with Gasteiger partial charge in [-0.05, 0) is 68.7 Å². The lowest BCUT2D eigenvalue weighted by Gasteiger charge is -2.25. The predicted octanol–water partition coefficient (Wildman–Crippen LogP) is 3.06. The summed E-state index contributed by atoms with van der Waals surface area (Å²) in [6, 6.07) is -1.02. The normalized spacial score (nSPS) is 13.3. The van der Waals surface area contributed by atoms with Gasteiger partial charge < -0.3 is 19.5 Å². The Labute approximate surface area is 174 Å². The number of hydrogen-bond donors (Lipinski definition) is 1. The van der Waals surface area contributed by atoms with E-state index in [9.17, 15) is 19.2 Å². The molecule has 29 heavy (non-hydrogen) atoms. The molecule has 1 unspecified atom stereocenters. The molecule has 0 spiro atoms. The van der Waals surface area contributed by atoms with Crippen molar-refractivity contribution in [2.45, 2.75) is 111 Å². The van der Waals surface area contributed by atoms with E-state index in [2.05, 4.69) is 5.32 Å². The average molecular weight is 416 g/mol. The quantitative estimate of drug-likeness (QED) is 0.479. The topological polar surface area (TPSA) is 108 Å². The monoisotopic (exact) mass is 415 g/mol. The van der Waals surface area contributed by atoms with Crippen LogP contribution in [0, 0.1) is 0 Å². The first kappa shape index (κ1) is 26.9. The maximum absolute atomic E-state index is 12.4. The molecule has 0 rings (SSSR count). The summed E-state index contributed by atoms with van der Waals surface area (Å²) in [5.41, 5.74) is -2.03. The zero-order valence-corrected chi connectivity index (χ0v) is 19.3. The molecule has 0 saturated carbocycles. The highest BCUT2D eigenvalue weighted by Crippen LogP contribution is 2.14. The van der Waals surface area contributed by atoms with E-state index in [1.807, 2.05) is 0 Å². The van der Waals surface area contributed by atoms with Gasteiger partial charge in [-0.25, -0.2) is 4.79 Å². The first-order valence-corrected chi connectivity index (χ1v) is 9.84. The second kappa shape index (κ2) is 10.6. The highest BCUT2D eigenvalue weighted by Gasteiger charge is 2.28. The van der Waals surface area contributed by atoms with Crippen molar-refractivity contribution in [3.63, 3.8) is 0 Å². The molecule has 1 N–H and O–H groups in total. The Balaban J connectivity index is 4.88. The van der Waals surface area contributed by atoms with E-state index in [1.165, 1.54) is 0 Å². The van der Waals surface area contributed by atoms with Crippen molar-refractivity contribution in [1.29, 1.82) is 0 Å². The molecule has 8 heteroatoms. The lowest BCUT2D eigenvalue weighted by Crippen LogP contribution is -2.44. The molecule has 0 bridgehead atoms. The molecular formula is C21H37NO7. The second-order valence-corrected chi connectivity index (χ2v) is 9.87. The highest BCUT2D eigenvalue weighted by atomic mass is 16.6. The smallest absolute Gasteiger partial charge is 0.329 e. The average Bonchev–Trinajstić information content (AvgIpc) is 2.43. The first-order chi connectivity index (χ1) is 12.9. The van der Waals surface area contributed by atoms with Crippen LogP contribution in [0.1, 0.15) is 88.0 Å². The van der Waals surface area contributed by atoms with Crippen LogP contribution >= 0.6 is 0 Å². The third-order valence-electron chi connectivity index (χ3n) is 3.06. The summed E-state index contributed by atoms with van der Waals surface area (Å²) in [5.74, 6) is -2.13. The summed E-state index contributed by atoms with van der Waals surface area (Å²) in [5, 5.41) is 2.55. The van der Waals surface area contributed by atoms with Crippen LogP contribution in [0.25, 0.3) is 0 Å². The maximum atomic E-state index is 12.4. The number of ether oxygens (including phenoxy) is 3. The summed E-state index contributed by atoms with van der Waals surface area (Å²) < 4.78 is 15.7. The Kier molecular flexibility index (Phi) is 9.82. The van der Waals surface area contributed by atoms with Gasteiger partial charge in [0.05, 0.1) is 6.42 Å². The van der Waals surface area contributed by atoms with Gasteiger partial charge in [0, 0.05) is 12.8 Å². The van der Waals surface area contributed by atoms with Crippen molar-refractivity contribution in [2.75, 3.05) is 0 Å². The van der Waals surface area contributed by atoms with Crippen LogP contribution < -0.4 is 5.32 Å². The van der Waals surface area contributed by atoms with Crippen LogP contribution in [0.15, 0.2) is 0 Å². The molecule has 0 heterocycles. The standard InChI is InChI=1S/C21H37NO7/c1-19(2,3)27-16(24)12-10-14(18(26)29-21(7,8)9)22-15(23)11-13-17(25)28-20(4,5)6/h14H,10-13H2,1-9H3,(H,22,23). The Morgan fingerprint density at radius 2 is 1.07 bits per heavy atom. The van der Waals surface area contributed by atoms with Gasteiger partial charge in [-0.3, -0.25) is 14.4 Å². The number of carbonyl (C=O) groups excluding carboxylic acids is 4. The minimum absolute atomic E-state index is 0.0298. The van der Waals surface area contributed by atoms with E-state index < -0.39 is 46.7 Å². The van der Waals surface area contributed by atoms with Crippen LogP contribution in [0.2, 0.25) is 0 Å². The van der Waals surface area contributed by atoms with Crippen molar-refractivity contribution in [2.24, 2.45) is 0 Å². The summed E-state index contributed by atoms with van der Waals surface area (Å²) in [6.07, 6.45) is -0.285. The lowest BCUT2D eigenvalue weighted by molar-refractivity contribution is -0.160. The molecule has 0 fully saturated rings. The van der Waals surface area contributed by atoms with E-state index in [4.69, 9.17) is 14.2 Å². The Bertz CT molecular complexity index is 592. The van der Waals surface area contributed by atoms with Gasteiger partial charge in [-0.1, -0.05) is 0 Å². The molecule has 8 nitrogen and oxygen atoms in total. The van der Waals surface area contributed by atoms with Crippen molar-refractivity contribution >= 4 is 23.8 Å². The van der Waals surface area contributed by atoms with Gasteiger partial charge in [-0.2, -0.15) is 0 Å². The molecule has 1 amide bonds. The summed E-state index contributed by atoms with van der Waals surface area (Å²) in [6.45, 7) is 15.6. The zero-order valence-electron chi connectivity index (χ0n) is 19.3. The lowest BCUT2D eigenvalue weighted by atomic mass is 10.1. The van der Waals surface area contributed by atoms with E-state index in [0.717, 1.165) is 0 Å². The fourth-order valence-electron chi connectivity index (χ4n) is 2.15. The van der Waals surface area contributed by atoms with Crippen molar-refractivity contribution in [3.05, 3.63) is 0 Å². The summed E-state index contributed by atoms with van der Waals surface area (Å²) >= 11 is 0. The van der Waals surface area contributed by atoms with Gasteiger partial charge in [0.2, 0.25) is 5.91 Å². The molecule has 0 aromatic heterocycles. The van der Waals surface area contributed by atoms with Crippen LogP contribution in [0.4, 0.5) is 0 Å². The fourth-order valence-corrected chi connectivity index (χ4v) is 2.15.